The molecule has 1 aliphatic heterocycles. The van der Waals surface area contributed by atoms with Gasteiger partial charge in [0, 0.05) is 29.2 Å². The molecule has 0 amide bonds. The van der Waals surface area contributed by atoms with E-state index in [-0.39, 0.29) is 23.0 Å². The van der Waals surface area contributed by atoms with Gasteiger partial charge in [0.25, 0.3) is 0 Å². The van der Waals surface area contributed by atoms with Crippen molar-refractivity contribution < 1.29 is 17.6 Å². The maximum absolute atomic E-state index is 13.1. The number of benzene rings is 2. The Labute approximate surface area is 174 Å². The van der Waals surface area contributed by atoms with Gasteiger partial charge in [0.05, 0.1) is 17.1 Å². The van der Waals surface area contributed by atoms with E-state index in [9.17, 15) is 8.42 Å². The van der Waals surface area contributed by atoms with Crippen LogP contribution in [-0.2, 0) is 14.8 Å². The van der Waals surface area contributed by atoms with Crippen LogP contribution in [0.25, 0.3) is 22.9 Å². The van der Waals surface area contributed by atoms with Crippen LogP contribution >= 0.6 is 11.6 Å². The summed E-state index contributed by atoms with van der Waals surface area (Å²) >= 11 is 5.91. The number of halogens is 1. The minimum Gasteiger partial charge on any atom is -0.416 e. The first-order valence-electron chi connectivity index (χ1n) is 9.18. The summed E-state index contributed by atoms with van der Waals surface area (Å²) in [5.41, 5.74) is 1.27. The van der Waals surface area contributed by atoms with Crippen LogP contribution in [0.4, 0.5) is 0 Å². The van der Waals surface area contributed by atoms with Crippen molar-refractivity contribution in [2.75, 3.05) is 13.1 Å². The predicted octanol–water partition coefficient (Wildman–Crippen LogP) is 3.85. The highest BCUT2D eigenvalue weighted by Crippen LogP contribution is 2.28. The molecule has 0 aliphatic carbocycles. The van der Waals surface area contributed by atoms with Gasteiger partial charge in [-0.15, -0.1) is 10.2 Å². The van der Waals surface area contributed by atoms with Crippen LogP contribution in [-0.4, -0.2) is 48.2 Å². The van der Waals surface area contributed by atoms with Gasteiger partial charge >= 0.3 is 0 Å². The van der Waals surface area contributed by atoms with Crippen molar-refractivity contribution in [2.24, 2.45) is 0 Å². The molecule has 9 heteroatoms. The number of morpholine rings is 1. The summed E-state index contributed by atoms with van der Waals surface area (Å²) in [5.74, 6) is 0.580. The predicted molar refractivity (Wildman–Crippen MR) is 109 cm³/mol. The molecule has 1 aliphatic rings. The van der Waals surface area contributed by atoms with E-state index in [2.05, 4.69) is 10.2 Å². The number of aromatic nitrogens is 2. The largest absolute Gasteiger partial charge is 0.416 e. The molecule has 152 valence electrons. The zero-order valence-electron chi connectivity index (χ0n) is 15.9. The Morgan fingerprint density at radius 1 is 0.966 bits per heavy atom. The Kier molecular flexibility index (Phi) is 5.44. The molecular formula is C20H20ClN3O4S. The molecule has 0 saturated carbocycles. The van der Waals surface area contributed by atoms with Gasteiger partial charge in [-0.1, -0.05) is 17.7 Å². The molecule has 29 heavy (non-hydrogen) atoms. The standard InChI is InChI=1S/C20H20ClN3O4S/c1-13-11-24(12-14(2)27-13)29(25,26)18-5-3-4-16(10-18)20-23-22-19(28-20)15-6-8-17(21)9-7-15/h3-10,13-14H,11-12H2,1-2H3. The molecule has 3 aromatic rings. The van der Waals surface area contributed by atoms with Crippen molar-refractivity contribution >= 4 is 21.6 Å². The fourth-order valence-electron chi connectivity index (χ4n) is 3.31. The van der Waals surface area contributed by atoms with Crippen molar-refractivity contribution in [1.82, 2.24) is 14.5 Å². The first-order valence-corrected chi connectivity index (χ1v) is 11.0. The Morgan fingerprint density at radius 3 is 2.24 bits per heavy atom. The zero-order valence-corrected chi connectivity index (χ0v) is 17.5. The molecular weight excluding hydrogens is 414 g/mol. The molecule has 2 unspecified atom stereocenters. The molecule has 1 fully saturated rings. The third-order valence-corrected chi connectivity index (χ3v) is 6.70. The van der Waals surface area contributed by atoms with E-state index < -0.39 is 10.0 Å². The highest BCUT2D eigenvalue weighted by molar-refractivity contribution is 7.89. The van der Waals surface area contributed by atoms with E-state index in [1.54, 1.807) is 48.5 Å². The van der Waals surface area contributed by atoms with Crippen molar-refractivity contribution in [2.45, 2.75) is 31.0 Å². The number of hydrogen-bond donors (Lipinski definition) is 0. The van der Waals surface area contributed by atoms with Gasteiger partial charge in [0.1, 0.15) is 0 Å². The molecule has 1 saturated heterocycles. The average molecular weight is 434 g/mol. The lowest BCUT2D eigenvalue weighted by atomic mass is 10.2. The van der Waals surface area contributed by atoms with Gasteiger partial charge in [-0.05, 0) is 56.3 Å². The molecule has 0 bridgehead atoms. The molecule has 7 nitrogen and oxygen atoms in total. The monoisotopic (exact) mass is 433 g/mol. The highest BCUT2D eigenvalue weighted by Gasteiger charge is 2.32. The third-order valence-electron chi connectivity index (χ3n) is 4.62. The lowest BCUT2D eigenvalue weighted by Gasteiger charge is -2.34. The van der Waals surface area contributed by atoms with Crippen LogP contribution in [0.15, 0.2) is 57.8 Å². The second kappa shape index (κ2) is 7.87. The second-order valence-electron chi connectivity index (χ2n) is 7.03. The third kappa shape index (κ3) is 4.20. The summed E-state index contributed by atoms with van der Waals surface area (Å²) in [6.07, 6.45) is -0.316. The number of rotatable bonds is 4. The maximum atomic E-state index is 13.1. The van der Waals surface area contributed by atoms with Crippen LogP contribution < -0.4 is 0 Å². The first-order chi connectivity index (χ1) is 13.8. The van der Waals surface area contributed by atoms with Gasteiger partial charge in [0.2, 0.25) is 21.8 Å². The second-order valence-corrected chi connectivity index (χ2v) is 9.40. The number of hydrogen-bond acceptors (Lipinski definition) is 6. The minimum atomic E-state index is -3.66. The topological polar surface area (TPSA) is 85.5 Å². The molecule has 4 rings (SSSR count). The Hall–Kier alpha value is -2.26. The van der Waals surface area contributed by atoms with Gasteiger partial charge in [-0.3, -0.25) is 0 Å². The number of sulfonamides is 1. The van der Waals surface area contributed by atoms with Crippen molar-refractivity contribution in [3.05, 3.63) is 53.6 Å². The van der Waals surface area contributed by atoms with Gasteiger partial charge < -0.3 is 9.15 Å². The normalized spacial score (nSPS) is 20.7. The van der Waals surface area contributed by atoms with Crippen LogP contribution in [0.2, 0.25) is 5.02 Å². The van der Waals surface area contributed by atoms with E-state index in [0.29, 0.717) is 29.6 Å². The Bertz CT molecular complexity index is 1100. The fraction of sp³-hybridized carbons (Fsp3) is 0.300. The van der Waals surface area contributed by atoms with Gasteiger partial charge in [-0.25, -0.2) is 8.42 Å². The lowest BCUT2D eigenvalue weighted by Crippen LogP contribution is -2.48. The minimum absolute atomic E-state index is 0.158. The highest BCUT2D eigenvalue weighted by atomic mass is 35.5. The Balaban J connectivity index is 1.63. The van der Waals surface area contributed by atoms with E-state index in [0.717, 1.165) is 5.56 Å². The quantitative estimate of drug-likeness (QED) is 0.621. The van der Waals surface area contributed by atoms with Crippen LogP contribution in [0.3, 0.4) is 0 Å². The molecule has 1 aromatic heterocycles. The average Bonchev–Trinajstić information content (AvgIpc) is 3.18. The van der Waals surface area contributed by atoms with Crippen LogP contribution in [0.1, 0.15) is 13.8 Å². The van der Waals surface area contributed by atoms with Crippen LogP contribution in [0, 0.1) is 0 Å². The molecule has 2 heterocycles. The SMILES string of the molecule is CC1CN(S(=O)(=O)c2cccc(-c3nnc(-c4ccc(Cl)cc4)o3)c2)CC(C)O1. The summed E-state index contributed by atoms with van der Waals surface area (Å²) < 4.78 is 39.1. The van der Waals surface area contributed by atoms with E-state index in [1.165, 1.54) is 4.31 Å². The first kappa shape index (κ1) is 20.0. The summed E-state index contributed by atoms with van der Waals surface area (Å²) in [6.45, 7) is 4.37. The summed E-state index contributed by atoms with van der Waals surface area (Å²) in [6, 6.07) is 13.6. The van der Waals surface area contributed by atoms with E-state index in [4.69, 9.17) is 20.8 Å². The molecule has 0 spiro atoms. The van der Waals surface area contributed by atoms with Crippen molar-refractivity contribution in [1.29, 1.82) is 0 Å². The maximum Gasteiger partial charge on any atom is 0.248 e. The van der Waals surface area contributed by atoms with E-state index >= 15 is 0 Å². The lowest BCUT2D eigenvalue weighted by molar-refractivity contribution is -0.0440. The fourth-order valence-corrected chi connectivity index (χ4v) is 5.08. The number of nitrogens with zero attached hydrogens (tertiary/aromatic N) is 3. The molecule has 2 aromatic carbocycles. The molecule has 0 N–H and O–H groups in total. The summed E-state index contributed by atoms with van der Waals surface area (Å²) in [5, 5.41) is 8.73. The zero-order chi connectivity index (χ0) is 20.6. The Morgan fingerprint density at radius 2 is 1.59 bits per heavy atom. The van der Waals surface area contributed by atoms with Crippen LogP contribution in [0.5, 0.6) is 0 Å². The van der Waals surface area contributed by atoms with Crippen molar-refractivity contribution in [3.63, 3.8) is 0 Å². The summed E-state index contributed by atoms with van der Waals surface area (Å²) in [7, 11) is -3.66. The number of ether oxygens (including phenoxy) is 1. The van der Waals surface area contributed by atoms with Gasteiger partial charge in [0.15, 0.2) is 0 Å². The van der Waals surface area contributed by atoms with Crippen molar-refractivity contribution in [3.8, 4) is 22.9 Å². The van der Waals surface area contributed by atoms with E-state index in [1.807, 2.05) is 13.8 Å². The van der Waals surface area contributed by atoms with Gasteiger partial charge in [-0.2, -0.15) is 4.31 Å². The smallest absolute Gasteiger partial charge is 0.248 e. The summed E-state index contributed by atoms with van der Waals surface area (Å²) in [4.78, 5) is 0.183. The molecule has 0 radical (unpaired) electrons. The molecule has 2 atom stereocenters.